The van der Waals surface area contributed by atoms with Crippen molar-refractivity contribution >= 4 is 11.9 Å². The number of hydrogen-bond donors (Lipinski definition) is 2. The number of carbonyl (C=O) groups is 2. The SMILES string of the molecule is CCCCCCCCCCCCC(CC(=O)OO)C(=O)O. The zero-order chi connectivity index (χ0) is 15.9. The summed E-state index contributed by atoms with van der Waals surface area (Å²) in [7, 11) is 0. The highest BCUT2D eigenvalue weighted by molar-refractivity contribution is 5.78. The van der Waals surface area contributed by atoms with Crippen molar-refractivity contribution in [3.63, 3.8) is 0 Å². The Morgan fingerprint density at radius 3 is 1.81 bits per heavy atom. The molecule has 0 saturated heterocycles. The predicted octanol–water partition coefficient (Wildman–Crippen LogP) is 4.40. The fourth-order valence-corrected chi connectivity index (χ4v) is 2.43. The molecule has 0 aliphatic carbocycles. The summed E-state index contributed by atoms with van der Waals surface area (Å²) < 4.78 is 0. The molecule has 0 amide bonds. The van der Waals surface area contributed by atoms with E-state index in [0.717, 1.165) is 19.3 Å². The number of rotatable bonds is 14. The molecule has 0 aromatic carbocycles. The Bertz CT molecular complexity index is 278. The Labute approximate surface area is 127 Å². The largest absolute Gasteiger partial charge is 0.481 e. The monoisotopic (exact) mass is 302 g/mol. The van der Waals surface area contributed by atoms with Crippen molar-refractivity contribution in [1.82, 2.24) is 0 Å². The van der Waals surface area contributed by atoms with Crippen LogP contribution >= 0.6 is 0 Å². The van der Waals surface area contributed by atoms with Gasteiger partial charge in [0.25, 0.3) is 0 Å². The summed E-state index contributed by atoms with van der Waals surface area (Å²) in [5.74, 6) is -2.63. The fraction of sp³-hybridized carbons (Fsp3) is 0.875. The Kier molecular flexibility index (Phi) is 13.1. The summed E-state index contributed by atoms with van der Waals surface area (Å²) >= 11 is 0. The van der Waals surface area contributed by atoms with Crippen molar-refractivity contribution in [3.8, 4) is 0 Å². The Balaban J connectivity index is 3.50. The highest BCUT2D eigenvalue weighted by Crippen LogP contribution is 2.17. The van der Waals surface area contributed by atoms with Gasteiger partial charge in [0.1, 0.15) is 0 Å². The minimum atomic E-state index is -1.00. The molecule has 0 fully saturated rings. The molecule has 0 aromatic rings. The van der Waals surface area contributed by atoms with Crippen molar-refractivity contribution in [2.24, 2.45) is 5.92 Å². The van der Waals surface area contributed by atoms with Gasteiger partial charge in [-0.05, 0) is 6.42 Å². The zero-order valence-corrected chi connectivity index (χ0v) is 13.2. The molecule has 0 bridgehead atoms. The number of carboxylic acids is 1. The second kappa shape index (κ2) is 13.9. The van der Waals surface area contributed by atoms with E-state index in [1.165, 1.54) is 44.9 Å². The van der Waals surface area contributed by atoms with Gasteiger partial charge in [-0.3, -0.25) is 4.79 Å². The minimum absolute atomic E-state index is 0.261. The van der Waals surface area contributed by atoms with Gasteiger partial charge in [-0.15, -0.1) is 0 Å². The second-order valence-corrected chi connectivity index (χ2v) is 5.67. The third-order valence-corrected chi connectivity index (χ3v) is 3.77. The summed E-state index contributed by atoms with van der Waals surface area (Å²) in [5.41, 5.74) is 0. The maximum Gasteiger partial charge on any atom is 0.342 e. The quantitative estimate of drug-likeness (QED) is 0.282. The van der Waals surface area contributed by atoms with E-state index >= 15 is 0 Å². The van der Waals surface area contributed by atoms with Gasteiger partial charge in [0, 0.05) is 0 Å². The normalized spacial score (nSPS) is 12.1. The van der Waals surface area contributed by atoms with Gasteiger partial charge >= 0.3 is 11.9 Å². The molecule has 0 rings (SSSR count). The van der Waals surface area contributed by atoms with Crippen LogP contribution in [0.4, 0.5) is 0 Å². The third-order valence-electron chi connectivity index (χ3n) is 3.77. The van der Waals surface area contributed by atoms with E-state index in [9.17, 15) is 9.59 Å². The molecule has 0 spiro atoms. The Morgan fingerprint density at radius 1 is 0.905 bits per heavy atom. The van der Waals surface area contributed by atoms with Crippen LogP contribution < -0.4 is 0 Å². The van der Waals surface area contributed by atoms with Gasteiger partial charge in [0.05, 0.1) is 12.3 Å². The molecule has 5 nitrogen and oxygen atoms in total. The molecule has 21 heavy (non-hydrogen) atoms. The summed E-state index contributed by atoms with van der Waals surface area (Å²) in [6.45, 7) is 2.21. The van der Waals surface area contributed by atoms with E-state index in [4.69, 9.17) is 10.4 Å². The van der Waals surface area contributed by atoms with E-state index in [0.29, 0.717) is 6.42 Å². The average Bonchev–Trinajstić information content (AvgIpc) is 2.47. The molecule has 1 unspecified atom stereocenters. The van der Waals surface area contributed by atoms with Crippen molar-refractivity contribution in [3.05, 3.63) is 0 Å². The lowest BCUT2D eigenvalue weighted by Gasteiger charge is -2.09. The molecule has 124 valence electrons. The molecule has 0 radical (unpaired) electrons. The van der Waals surface area contributed by atoms with Crippen molar-refractivity contribution in [2.75, 3.05) is 0 Å². The third kappa shape index (κ3) is 12.4. The van der Waals surface area contributed by atoms with E-state index in [2.05, 4.69) is 11.8 Å². The first-order valence-electron chi connectivity index (χ1n) is 8.18. The smallest absolute Gasteiger partial charge is 0.342 e. The van der Waals surface area contributed by atoms with Crippen LogP contribution in [-0.2, 0) is 14.5 Å². The molecule has 1 atom stereocenters. The molecular formula is C16H30O5. The van der Waals surface area contributed by atoms with E-state index in [1.807, 2.05) is 0 Å². The van der Waals surface area contributed by atoms with E-state index < -0.39 is 17.9 Å². The van der Waals surface area contributed by atoms with Crippen LogP contribution in [0.5, 0.6) is 0 Å². The summed E-state index contributed by atoms with van der Waals surface area (Å²) in [6, 6.07) is 0. The van der Waals surface area contributed by atoms with Crippen LogP contribution in [-0.4, -0.2) is 22.3 Å². The first-order chi connectivity index (χ1) is 10.1. The van der Waals surface area contributed by atoms with Gasteiger partial charge in [-0.2, -0.15) is 5.26 Å². The molecule has 0 saturated carbocycles. The summed E-state index contributed by atoms with van der Waals surface area (Å²) in [5, 5.41) is 17.1. The molecule has 0 aromatic heterocycles. The lowest BCUT2D eigenvalue weighted by molar-refractivity contribution is -0.235. The number of carbonyl (C=O) groups excluding carboxylic acids is 1. The van der Waals surface area contributed by atoms with Crippen molar-refractivity contribution in [1.29, 1.82) is 0 Å². The second-order valence-electron chi connectivity index (χ2n) is 5.67. The van der Waals surface area contributed by atoms with Crippen LogP contribution in [0.3, 0.4) is 0 Å². The van der Waals surface area contributed by atoms with E-state index in [1.54, 1.807) is 0 Å². The molecule has 0 aliphatic heterocycles. The summed E-state index contributed by atoms with van der Waals surface area (Å²) in [6.07, 6.45) is 12.1. The van der Waals surface area contributed by atoms with Crippen LogP contribution in [0.25, 0.3) is 0 Å². The van der Waals surface area contributed by atoms with Gasteiger partial charge in [-0.1, -0.05) is 71.1 Å². The lowest BCUT2D eigenvalue weighted by Crippen LogP contribution is -2.18. The van der Waals surface area contributed by atoms with Gasteiger partial charge in [-0.25, -0.2) is 4.79 Å². The molecule has 0 heterocycles. The maximum absolute atomic E-state index is 11.0. The van der Waals surface area contributed by atoms with Crippen LogP contribution in [0.2, 0.25) is 0 Å². The van der Waals surface area contributed by atoms with Crippen LogP contribution in [0.1, 0.15) is 84.0 Å². The van der Waals surface area contributed by atoms with Crippen molar-refractivity contribution < 1.29 is 24.8 Å². The number of aliphatic carboxylic acids is 1. The highest BCUT2D eigenvalue weighted by atomic mass is 17.1. The van der Waals surface area contributed by atoms with Gasteiger partial charge < -0.3 is 9.99 Å². The lowest BCUT2D eigenvalue weighted by atomic mass is 9.97. The van der Waals surface area contributed by atoms with Crippen LogP contribution in [0, 0.1) is 5.92 Å². The van der Waals surface area contributed by atoms with Crippen molar-refractivity contribution in [2.45, 2.75) is 84.0 Å². The first-order valence-corrected chi connectivity index (χ1v) is 8.18. The molecular weight excluding hydrogens is 272 g/mol. The van der Waals surface area contributed by atoms with E-state index in [-0.39, 0.29) is 6.42 Å². The van der Waals surface area contributed by atoms with Gasteiger partial charge in [0.15, 0.2) is 0 Å². The number of hydrogen-bond acceptors (Lipinski definition) is 4. The highest BCUT2D eigenvalue weighted by Gasteiger charge is 2.21. The standard InChI is InChI=1S/C16H30O5/c1-2-3-4-5-6-7-8-9-10-11-12-14(16(18)19)13-15(17)21-20/h14,20H,2-13H2,1H3,(H,18,19). The van der Waals surface area contributed by atoms with Crippen LogP contribution in [0.15, 0.2) is 0 Å². The Hall–Kier alpha value is -1.10. The maximum atomic E-state index is 11.0. The minimum Gasteiger partial charge on any atom is -0.481 e. The number of carboxylic acid groups (broad SMARTS) is 1. The number of unbranched alkanes of at least 4 members (excludes halogenated alkanes) is 9. The fourth-order valence-electron chi connectivity index (χ4n) is 2.43. The molecule has 5 heteroatoms. The average molecular weight is 302 g/mol. The first kappa shape index (κ1) is 19.9. The van der Waals surface area contributed by atoms with Gasteiger partial charge in [0.2, 0.25) is 0 Å². The molecule has 2 N–H and O–H groups in total. The summed E-state index contributed by atoms with van der Waals surface area (Å²) in [4.78, 5) is 25.4. The molecule has 0 aliphatic rings. The predicted molar refractivity (Wildman–Crippen MR) is 80.9 cm³/mol. The Morgan fingerprint density at radius 2 is 1.38 bits per heavy atom. The zero-order valence-electron chi connectivity index (χ0n) is 13.2. The topological polar surface area (TPSA) is 83.8 Å².